The molecule has 2 aromatic rings. The molecule has 5 atom stereocenters. The summed E-state index contributed by atoms with van der Waals surface area (Å²) in [5.41, 5.74) is 1.83. The average Bonchev–Trinajstić information content (AvgIpc) is 2.73. The Kier molecular flexibility index (Phi) is 7.74. The minimum absolute atomic E-state index is 0.190. The van der Waals surface area contributed by atoms with E-state index in [1.807, 2.05) is 60.7 Å². The van der Waals surface area contributed by atoms with Crippen LogP contribution in [0.15, 0.2) is 60.7 Å². The molecule has 1 fully saturated rings. The number of benzene rings is 2. The number of hydrogen-bond donors (Lipinski definition) is 2. The van der Waals surface area contributed by atoms with E-state index in [0.29, 0.717) is 0 Å². The van der Waals surface area contributed by atoms with Gasteiger partial charge in [0.1, 0.15) is 31.0 Å². The van der Waals surface area contributed by atoms with Crippen molar-refractivity contribution in [3.8, 4) is 0 Å². The molecule has 0 spiro atoms. The standard InChI is InChI=1S/C22H26O7/c1-15(23)26-14-18-19(24)20(27-12-16-8-4-2-5-9-16)21(22(25)29-18)28-13-17-10-6-3-7-11-17/h2-11,18-22,24-25H,12-14H2,1H3/t18-,19-,20+,21-,22+/m1/s1. The van der Waals surface area contributed by atoms with Gasteiger partial charge < -0.3 is 29.2 Å². The normalized spacial score (nSPS) is 26.8. The smallest absolute Gasteiger partial charge is 0.302 e. The number of hydrogen-bond acceptors (Lipinski definition) is 7. The fourth-order valence-corrected chi connectivity index (χ4v) is 3.15. The SMILES string of the molecule is CC(=O)OC[C@H]1O[C@H](O)[C@H](OCc2ccccc2)[C@@H](OCc2ccccc2)[C@@H]1O. The van der Waals surface area contributed by atoms with Gasteiger partial charge in [0.2, 0.25) is 0 Å². The quantitative estimate of drug-likeness (QED) is 0.650. The van der Waals surface area contributed by atoms with Gasteiger partial charge in [0.25, 0.3) is 0 Å². The van der Waals surface area contributed by atoms with E-state index in [2.05, 4.69) is 0 Å². The van der Waals surface area contributed by atoms with Crippen molar-refractivity contribution in [3.05, 3.63) is 71.8 Å². The van der Waals surface area contributed by atoms with Crippen LogP contribution in [0.5, 0.6) is 0 Å². The van der Waals surface area contributed by atoms with Crippen LogP contribution >= 0.6 is 0 Å². The molecule has 0 radical (unpaired) electrons. The molecule has 0 saturated carbocycles. The first-order valence-electron chi connectivity index (χ1n) is 9.50. The third-order valence-electron chi connectivity index (χ3n) is 4.66. The molecule has 1 heterocycles. The number of aliphatic hydroxyl groups is 2. The fourth-order valence-electron chi connectivity index (χ4n) is 3.15. The summed E-state index contributed by atoms with van der Waals surface area (Å²) in [4.78, 5) is 11.1. The van der Waals surface area contributed by atoms with E-state index in [0.717, 1.165) is 11.1 Å². The summed E-state index contributed by atoms with van der Waals surface area (Å²) in [5, 5.41) is 21.3. The van der Waals surface area contributed by atoms with E-state index in [4.69, 9.17) is 18.9 Å². The molecule has 0 bridgehead atoms. The predicted molar refractivity (Wildman–Crippen MR) is 104 cm³/mol. The highest BCUT2D eigenvalue weighted by Gasteiger charge is 2.46. The summed E-state index contributed by atoms with van der Waals surface area (Å²) in [5.74, 6) is -0.500. The zero-order valence-electron chi connectivity index (χ0n) is 16.2. The van der Waals surface area contributed by atoms with Gasteiger partial charge in [-0.1, -0.05) is 60.7 Å². The second kappa shape index (κ2) is 10.5. The van der Waals surface area contributed by atoms with Crippen molar-refractivity contribution in [1.82, 2.24) is 0 Å². The van der Waals surface area contributed by atoms with Gasteiger partial charge in [-0.2, -0.15) is 0 Å². The first kappa shape index (κ1) is 21.4. The summed E-state index contributed by atoms with van der Waals surface area (Å²) in [7, 11) is 0. The van der Waals surface area contributed by atoms with Crippen molar-refractivity contribution in [2.75, 3.05) is 6.61 Å². The van der Waals surface area contributed by atoms with Crippen molar-refractivity contribution in [2.45, 2.75) is 50.8 Å². The molecule has 156 valence electrons. The Hall–Kier alpha value is -2.29. The molecule has 1 aliphatic rings. The summed E-state index contributed by atoms with van der Waals surface area (Å²) in [6.07, 6.45) is -5.21. The predicted octanol–water partition coefficient (Wildman–Crippen LogP) is 1.80. The topological polar surface area (TPSA) is 94.5 Å². The molecule has 7 nitrogen and oxygen atoms in total. The van der Waals surface area contributed by atoms with Crippen molar-refractivity contribution < 1.29 is 34.0 Å². The molecular weight excluding hydrogens is 376 g/mol. The van der Waals surface area contributed by atoms with E-state index >= 15 is 0 Å². The second-order valence-electron chi connectivity index (χ2n) is 6.88. The molecule has 1 aliphatic heterocycles. The van der Waals surface area contributed by atoms with Gasteiger partial charge in [-0.25, -0.2) is 0 Å². The molecule has 3 rings (SSSR count). The van der Waals surface area contributed by atoms with E-state index in [9.17, 15) is 15.0 Å². The molecule has 2 N–H and O–H groups in total. The molecular formula is C22H26O7. The first-order valence-corrected chi connectivity index (χ1v) is 9.50. The van der Waals surface area contributed by atoms with Crippen LogP contribution in [0.2, 0.25) is 0 Å². The number of esters is 1. The lowest BCUT2D eigenvalue weighted by Crippen LogP contribution is -2.60. The van der Waals surface area contributed by atoms with E-state index in [1.165, 1.54) is 6.92 Å². The Morgan fingerprint density at radius 1 is 0.897 bits per heavy atom. The van der Waals surface area contributed by atoms with Gasteiger partial charge in [0, 0.05) is 6.92 Å². The highest BCUT2D eigenvalue weighted by atomic mass is 16.7. The van der Waals surface area contributed by atoms with Crippen molar-refractivity contribution in [1.29, 1.82) is 0 Å². The minimum Gasteiger partial charge on any atom is -0.463 e. The highest BCUT2D eigenvalue weighted by molar-refractivity contribution is 5.65. The zero-order valence-corrected chi connectivity index (χ0v) is 16.2. The number of carbonyl (C=O) groups is 1. The van der Waals surface area contributed by atoms with Crippen molar-refractivity contribution >= 4 is 5.97 Å². The van der Waals surface area contributed by atoms with Gasteiger partial charge in [-0.15, -0.1) is 0 Å². The average molecular weight is 402 g/mol. The molecule has 1 saturated heterocycles. The van der Waals surface area contributed by atoms with Crippen molar-refractivity contribution in [2.24, 2.45) is 0 Å². The molecule has 0 aliphatic carbocycles. The van der Waals surface area contributed by atoms with Crippen LogP contribution in [0.3, 0.4) is 0 Å². The monoisotopic (exact) mass is 402 g/mol. The van der Waals surface area contributed by atoms with Crippen LogP contribution in [0, 0.1) is 0 Å². The Bertz CT molecular complexity index is 752. The maximum absolute atomic E-state index is 11.1. The maximum atomic E-state index is 11.1. The Labute approximate surface area is 169 Å². The third-order valence-corrected chi connectivity index (χ3v) is 4.66. The second-order valence-corrected chi connectivity index (χ2v) is 6.88. The van der Waals surface area contributed by atoms with Crippen molar-refractivity contribution in [3.63, 3.8) is 0 Å². The molecule has 7 heteroatoms. The van der Waals surface area contributed by atoms with Crippen LogP contribution < -0.4 is 0 Å². The summed E-state index contributed by atoms with van der Waals surface area (Å²) >= 11 is 0. The summed E-state index contributed by atoms with van der Waals surface area (Å²) in [6.45, 7) is 1.52. The fraction of sp³-hybridized carbons (Fsp3) is 0.409. The number of rotatable bonds is 8. The number of carbonyl (C=O) groups excluding carboxylic acids is 1. The number of aliphatic hydroxyl groups excluding tert-OH is 2. The molecule has 0 unspecified atom stereocenters. The zero-order chi connectivity index (χ0) is 20.6. The third kappa shape index (κ3) is 6.09. The van der Waals surface area contributed by atoms with Gasteiger partial charge >= 0.3 is 5.97 Å². The minimum atomic E-state index is -1.34. The van der Waals surface area contributed by atoms with E-state index < -0.39 is 36.7 Å². The van der Waals surface area contributed by atoms with E-state index in [-0.39, 0.29) is 19.8 Å². The lowest BCUT2D eigenvalue weighted by atomic mass is 9.98. The van der Waals surface area contributed by atoms with Gasteiger partial charge in [0.15, 0.2) is 6.29 Å². The molecule has 29 heavy (non-hydrogen) atoms. The van der Waals surface area contributed by atoms with Crippen LogP contribution in [0.25, 0.3) is 0 Å². The number of ether oxygens (including phenoxy) is 4. The van der Waals surface area contributed by atoms with Crippen LogP contribution in [0.4, 0.5) is 0 Å². The Balaban J connectivity index is 1.71. The molecule has 2 aromatic carbocycles. The van der Waals surface area contributed by atoms with Crippen LogP contribution in [-0.4, -0.2) is 53.5 Å². The molecule has 0 aromatic heterocycles. The van der Waals surface area contributed by atoms with Gasteiger partial charge in [0.05, 0.1) is 13.2 Å². The Morgan fingerprint density at radius 2 is 1.41 bits per heavy atom. The Morgan fingerprint density at radius 3 is 1.93 bits per heavy atom. The maximum Gasteiger partial charge on any atom is 0.302 e. The first-order chi connectivity index (χ1) is 14.0. The van der Waals surface area contributed by atoms with Gasteiger partial charge in [-0.05, 0) is 11.1 Å². The molecule has 0 amide bonds. The summed E-state index contributed by atoms with van der Waals surface area (Å²) < 4.78 is 22.2. The van der Waals surface area contributed by atoms with Crippen LogP contribution in [-0.2, 0) is 37.0 Å². The van der Waals surface area contributed by atoms with E-state index in [1.54, 1.807) is 0 Å². The highest BCUT2D eigenvalue weighted by Crippen LogP contribution is 2.27. The van der Waals surface area contributed by atoms with Crippen LogP contribution in [0.1, 0.15) is 18.1 Å². The van der Waals surface area contributed by atoms with Gasteiger partial charge in [-0.3, -0.25) is 4.79 Å². The summed E-state index contributed by atoms with van der Waals surface area (Å²) in [6, 6.07) is 19.0. The largest absolute Gasteiger partial charge is 0.463 e. The lowest BCUT2D eigenvalue weighted by Gasteiger charge is -2.42. The lowest BCUT2D eigenvalue weighted by molar-refractivity contribution is -0.307.